The zero-order chi connectivity index (χ0) is 23.7. The number of likely N-dealkylation sites (tertiary alicyclic amines) is 1. The molecule has 1 aliphatic heterocycles. The van der Waals surface area contributed by atoms with Crippen LogP contribution in [0.1, 0.15) is 17.0 Å². The van der Waals surface area contributed by atoms with Crippen molar-refractivity contribution in [3.05, 3.63) is 111 Å². The molecule has 5 nitrogen and oxygen atoms in total. The number of nitrogens with one attached hydrogen (secondary N) is 2. The highest BCUT2D eigenvalue weighted by Gasteiger charge is 2.38. The van der Waals surface area contributed by atoms with Crippen molar-refractivity contribution >= 4 is 45.6 Å². The van der Waals surface area contributed by atoms with Crippen LogP contribution < -0.4 is 10.9 Å². The van der Waals surface area contributed by atoms with Crippen LogP contribution in [-0.4, -0.2) is 28.9 Å². The van der Waals surface area contributed by atoms with Crippen LogP contribution >= 0.6 is 23.2 Å². The summed E-state index contributed by atoms with van der Waals surface area (Å²) in [6, 6.07) is 23.1. The van der Waals surface area contributed by atoms with Gasteiger partial charge in [0.25, 0.3) is 5.56 Å². The number of aromatic nitrogens is 1. The maximum Gasteiger partial charge on any atom is 0.255 e. The van der Waals surface area contributed by atoms with Crippen molar-refractivity contribution < 1.29 is 4.79 Å². The first kappa shape index (κ1) is 22.7. The second-order valence-electron chi connectivity index (χ2n) is 8.66. The number of rotatable bonds is 5. The first-order valence-electron chi connectivity index (χ1n) is 11.1. The fraction of sp³-hybridized carbons (Fsp3) is 0.185. The summed E-state index contributed by atoms with van der Waals surface area (Å²) < 4.78 is 0. The number of hydrogen-bond donors (Lipinski definition) is 2. The van der Waals surface area contributed by atoms with Crippen molar-refractivity contribution in [2.75, 3.05) is 18.4 Å². The van der Waals surface area contributed by atoms with Crippen LogP contribution in [0, 0.1) is 5.92 Å². The first-order valence-corrected chi connectivity index (χ1v) is 11.9. The van der Waals surface area contributed by atoms with Crippen molar-refractivity contribution in [3.8, 4) is 0 Å². The fourth-order valence-corrected chi connectivity index (χ4v) is 5.04. The van der Waals surface area contributed by atoms with E-state index in [1.165, 1.54) is 5.56 Å². The Bertz CT molecular complexity index is 1390. The minimum atomic E-state index is -0.268. The van der Waals surface area contributed by atoms with Gasteiger partial charge in [0.15, 0.2) is 0 Å². The van der Waals surface area contributed by atoms with E-state index < -0.39 is 0 Å². The minimum Gasteiger partial charge on any atom is -0.329 e. The molecule has 0 saturated carbocycles. The number of amides is 1. The quantitative estimate of drug-likeness (QED) is 0.376. The zero-order valence-corrected chi connectivity index (χ0v) is 19.8. The van der Waals surface area contributed by atoms with Gasteiger partial charge >= 0.3 is 0 Å². The summed E-state index contributed by atoms with van der Waals surface area (Å²) in [5, 5.41) is 5.23. The molecule has 1 aliphatic rings. The van der Waals surface area contributed by atoms with E-state index in [2.05, 4.69) is 27.3 Å². The lowest BCUT2D eigenvalue weighted by atomic mass is 9.88. The van der Waals surface area contributed by atoms with Gasteiger partial charge in [-0.15, -0.1) is 0 Å². The molecule has 4 aromatic rings. The number of fused-ring (bicyclic) bond motifs is 1. The van der Waals surface area contributed by atoms with Crippen LogP contribution in [0.15, 0.2) is 83.8 Å². The highest BCUT2D eigenvalue weighted by molar-refractivity contribution is 6.34. The predicted molar refractivity (Wildman–Crippen MR) is 138 cm³/mol. The summed E-state index contributed by atoms with van der Waals surface area (Å²) >= 11 is 12.5. The van der Waals surface area contributed by atoms with Crippen molar-refractivity contribution in [3.63, 3.8) is 0 Å². The smallest absolute Gasteiger partial charge is 0.255 e. The molecule has 1 fully saturated rings. The van der Waals surface area contributed by atoms with Gasteiger partial charge in [-0.3, -0.25) is 14.5 Å². The molecule has 1 aromatic heterocycles. The average Bonchev–Trinajstić information content (AvgIpc) is 3.25. The van der Waals surface area contributed by atoms with Gasteiger partial charge in [-0.05, 0) is 46.8 Å². The van der Waals surface area contributed by atoms with Crippen molar-refractivity contribution in [1.29, 1.82) is 0 Å². The molecule has 2 unspecified atom stereocenters. The van der Waals surface area contributed by atoms with Crippen LogP contribution in [0.25, 0.3) is 10.8 Å². The molecule has 172 valence electrons. The van der Waals surface area contributed by atoms with Gasteiger partial charge in [0.2, 0.25) is 5.91 Å². The van der Waals surface area contributed by atoms with E-state index in [4.69, 9.17) is 23.2 Å². The third kappa shape index (κ3) is 4.73. The SMILES string of the molecule is O=C(Nc1cc2cc[nH]c(=O)c2cc1Cl)C1CN(Cc2ccccc2)CC1c1ccc(Cl)cc1. The predicted octanol–water partition coefficient (Wildman–Crippen LogP) is 5.69. The van der Waals surface area contributed by atoms with Gasteiger partial charge in [0.05, 0.1) is 16.6 Å². The van der Waals surface area contributed by atoms with Gasteiger partial charge in [0.1, 0.15) is 0 Å². The number of benzene rings is 3. The number of halogens is 2. The summed E-state index contributed by atoms with van der Waals surface area (Å²) in [5.74, 6) is -0.347. The summed E-state index contributed by atoms with van der Waals surface area (Å²) in [4.78, 5) is 30.5. The molecule has 1 amide bonds. The van der Waals surface area contributed by atoms with Gasteiger partial charge in [-0.25, -0.2) is 0 Å². The third-order valence-electron chi connectivity index (χ3n) is 6.40. The van der Waals surface area contributed by atoms with Crippen LogP contribution in [0.5, 0.6) is 0 Å². The standard InChI is InChI=1S/C27H23Cl2N3O2/c28-20-8-6-18(7-9-20)22-15-32(14-17-4-2-1-3-5-17)16-23(22)27(34)31-25-12-19-10-11-30-26(33)21(19)13-24(25)29/h1-13,22-23H,14-16H2,(H,30,33)(H,31,34). The Hall–Kier alpha value is -3.12. The molecular weight excluding hydrogens is 469 g/mol. The summed E-state index contributed by atoms with van der Waals surface area (Å²) in [6.45, 7) is 2.16. The Labute approximate surface area is 207 Å². The van der Waals surface area contributed by atoms with Gasteiger partial charge in [-0.1, -0.05) is 65.7 Å². The Morgan fingerprint density at radius 3 is 2.53 bits per heavy atom. The maximum atomic E-state index is 13.5. The highest BCUT2D eigenvalue weighted by atomic mass is 35.5. The summed E-state index contributed by atoms with van der Waals surface area (Å²) in [6.07, 6.45) is 1.58. The number of hydrogen-bond acceptors (Lipinski definition) is 3. The number of pyridine rings is 1. The molecule has 0 spiro atoms. The van der Waals surface area contributed by atoms with E-state index in [-0.39, 0.29) is 23.3 Å². The average molecular weight is 492 g/mol. The molecular formula is C27H23Cl2N3O2. The molecule has 2 heterocycles. The van der Waals surface area contributed by atoms with E-state index in [9.17, 15) is 9.59 Å². The molecule has 2 N–H and O–H groups in total. The summed E-state index contributed by atoms with van der Waals surface area (Å²) in [7, 11) is 0. The van der Waals surface area contributed by atoms with Crippen LogP contribution in [0.3, 0.4) is 0 Å². The highest BCUT2D eigenvalue weighted by Crippen LogP contribution is 2.36. The molecule has 0 radical (unpaired) electrons. The Morgan fingerprint density at radius 1 is 1.00 bits per heavy atom. The minimum absolute atomic E-state index is 0.0167. The third-order valence-corrected chi connectivity index (χ3v) is 6.96. The van der Waals surface area contributed by atoms with E-state index in [0.717, 1.165) is 24.0 Å². The molecule has 3 aromatic carbocycles. The van der Waals surface area contributed by atoms with Crippen LogP contribution in [0.4, 0.5) is 5.69 Å². The van der Waals surface area contributed by atoms with Crippen molar-refractivity contribution in [2.24, 2.45) is 5.92 Å². The largest absolute Gasteiger partial charge is 0.329 e. The molecule has 0 aliphatic carbocycles. The number of carbonyl (C=O) groups is 1. The fourth-order valence-electron chi connectivity index (χ4n) is 4.70. The van der Waals surface area contributed by atoms with E-state index in [1.54, 1.807) is 24.4 Å². The number of anilines is 1. The Morgan fingerprint density at radius 2 is 1.76 bits per heavy atom. The molecule has 7 heteroatoms. The molecule has 1 saturated heterocycles. The lowest BCUT2D eigenvalue weighted by Gasteiger charge is -2.19. The topological polar surface area (TPSA) is 65.2 Å². The molecule has 0 bridgehead atoms. The zero-order valence-electron chi connectivity index (χ0n) is 18.3. The normalized spacial score (nSPS) is 18.3. The lowest BCUT2D eigenvalue weighted by molar-refractivity contribution is -0.119. The van der Waals surface area contributed by atoms with Crippen LogP contribution in [0.2, 0.25) is 10.0 Å². The number of aromatic amines is 1. The molecule has 2 atom stereocenters. The van der Waals surface area contributed by atoms with E-state index in [0.29, 0.717) is 27.7 Å². The maximum absolute atomic E-state index is 13.5. The summed E-state index contributed by atoms with van der Waals surface area (Å²) in [5.41, 5.74) is 2.58. The second-order valence-corrected chi connectivity index (χ2v) is 9.50. The van der Waals surface area contributed by atoms with Gasteiger partial charge in [-0.2, -0.15) is 0 Å². The van der Waals surface area contributed by atoms with Gasteiger partial charge in [0, 0.05) is 42.2 Å². The van der Waals surface area contributed by atoms with Gasteiger partial charge < -0.3 is 10.3 Å². The Kier molecular flexibility index (Phi) is 6.42. The van der Waals surface area contributed by atoms with Crippen molar-refractivity contribution in [2.45, 2.75) is 12.5 Å². The second kappa shape index (κ2) is 9.63. The number of H-pyrrole nitrogens is 1. The van der Waals surface area contributed by atoms with E-state index in [1.807, 2.05) is 42.5 Å². The first-order chi connectivity index (χ1) is 16.5. The lowest BCUT2D eigenvalue weighted by Crippen LogP contribution is -2.29. The monoisotopic (exact) mass is 491 g/mol. The molecule has 5 rings (SSSR count). The Balaban J connectivity index is 1.42. The number of nitrogens with zero attached hydrogens (tertiary/aromatic N) is 1. The number of carbonyl (C=O) groups excluding carboxylic acids is 1. The molecule has 34 heavy (non-hydrogen) atoms. The van der Waals surface area contributed by atoms with Crippen LogP contribution in [-0.2, 0) is 11.3 Å². The van der Waals surface area contributed by atoms with Crippen molar-refractivity contribution in [1.82, 2.24) is 9.88 Å². The van der Waals surface area contributed by atoms with E-state index >= 15 is 0 Å².